The number of hydrogen-bond donors (Lipinski definition) is 1. The van der Waals surface area contributed by atoms with Crippen LogP contribution in [0.2, 0.25) is 0 Å². The number of nitrogens with zero attached hydrogens (tertiary/aromatic N) is 4. The van der Waals surface area contributed by atoms with E-state index in [1.807, 2.05) is 0 Å². The van der Waals surface area contributed by atoms with E-state index in [9.17, 15) is 4.79 Å². The maximum Gasteiger partial charge on any atom is 0.352 e. The zero-order chi connectivity index (χ0) is 11.5. The van der Waals surface area contributed by atoms with Crippen molar-refractivity contribution >= 4 is 5.97 Å². The maximum atomic E-state index is 10.8. The first-order chi connectivity index (χ1) is 7.66. The molecule has 1 N–H and O–H groups in total. The van der Waals surface area contributed by atoms with Gasteiger partial charge in [0.25, 0.3) is 0 Å². The SMILES string of the molecule is Cn1cnc(CCn2cccc2C(=O)O)n1. The topological polar surface area (TPSA) is 72.9 Å². The number of rotatable bonds is 4. The summed E-state index contributed by atoms with van der Waals surface area (Å²) in [6.45, 7) is 0.568. The van der Waals surface area contributed by atoms with Crippen molar-refractivity contribution in [3.63, 3.8) is 0 Å². The van der Waals surface area contributed by atoms with Gasteiger partial charge in [-0.2, -0.15) is 5.10 Å². The standard InChI is InChI=1S/C10H12N4O2/c1-13-7-11-9(12-13)4-6-14-5-2-3-8(14)10(15)16/h2-3,5,7H,4,6H2,1H3,(H,15,16). The minimum atomic E-state index is -0.918. The molecule has 2 aromatic rings. The second kappa shape index (κ2) is 4.18. The number of carbonyl (C=O) groups is 1. The highest BCUT2D eigenvalue weighted by Gasteiger charge is 2.08. The van der Waals surface area contributed by atoms with Crippen LogP contribution in [0.4, 0.5) is 0 Å². The lowest BCUT2D eigenvalue weighted by Gasteiger charge is -2.03. The second-order valence-electron chi connectivity index (χ2n) is 3.48. The Kier molecular flexibility index (Phi) is 2.72. The van der Waals surface area contributed by atoms with E-state index in [1.165, 1.54) is 0 Å². The predicted molar refractivity (Wildman–Crippen MR) is 56.1 cm³/mol. The van der Waals surface area contributed by atoms with Crippen molar-refractivity contribution in [1.82, 2.24) is 19.3 Å². The molecule has 0 spiro atoms. The zero-order valence-electron chi connectivity index (χ0n) is 8.87. The van der Waals surface area contributed by atoms with Gasteiger partial charge in [0.05, 0.1) is 0 Å². The molecule has 0 unspecified atom stereocenters. The molecule has 16 heavy (non-hydrogen) atoms. The van der Waals surface area contributed by atoms with Crippen LogP contribution in [0.15, 0.2) is 24.7 Å². The van der Waals surface area contributed by atoms with Gasteiger partial charge in [-0.3, -0.25) is 4.68 Å². The Labute approximate surface area is 92.2 Å². The molecule has 84 valence electrons. The van der Waals surface area contributed by atoms with Crippen molar-refractivity contribution in [2.75, 3.05) is 0 Å². The molecule has 0 aliphatic carbocycles. The summed E-state index contributed by atoms with van der Waals surface area (Å²) in [5.74, 6) is -0.202. The Hall–Kier alpha value is -2.11. The average molecular weight is 220 g/mol. The van der Waals surface area contributed by atoms with Gasteiger partial charge in [-0.1, -0.05) is 0 Å². The zero-order valence-corrected chi connectivity index (χ0v) is 8.87. The summed E-state index contributed by atoms with van der Waals surface area (Å²) in [4.78, 5) is 14.9. The number of hydrogen-bond acceptors (Lipinski definition) is 3. The third-order valence-corrected chi connectivity index (χ3v) is 2.27. The van der Waals surface area contributed by atoms with E-state index in [0.717, 1.165) is 0 Å². The van der Waals surface area contributed by atoms with E-state index in [1.54, 1.807) is 41.0 Å². The van der Waals surface area contributed by atoms with Crippen molar-refractivity contribution < 1.29 is 9.90 Å². The number of carboxylic acids is 1. The molecule has 2 aromatic heterocycles. The Morgan fingerprint density at radius 2 is 2.38 bits per heavy atom. The number of aryl methyl sites for hydroxylation is 3. The van der Waals surface area contributed by atoms with E-state index < -0.39 is 5.97 Å². The minimum Gasteiger partial charge on any atom is -0.477 e. The fraction of sp³-hybridized carbons (Fsp3) is 0.300. The van der Waals surface area contributed by atoms with Gasteiger partial charge in [-0.25, -0.2) is 9.78 Å². The van der Waals surface area contributed by atoms with E-state index in [-0.39, 0.29) is 5.69 Å². The van der Waals surface area contributed by atoms with Crippen LogP contribution in [0.3, 0.4) is 0 Å². The molecular weight excluding hydrogens is 208 g/mol. The molecule has 0 bridgehead atoms. The highest BCUT2D eigenvalue weighted by atomic mass is 16.4. The van der Waals surface area contributed by atoms with Crippen molar-refractivity contribution in [3.05, 3.63) is 36.2 Å². The summed E-state index contributed by atoms with van der Waals surface area (Å²) >= 11 is 0. The van der Waals surface area contributed by atoms with Crippen molar-refractivity contribution in [2.45, 2.75) is 13.0 Å². The Balaban J connectivity index is 2.04. The molecule has 0 fully saturated rings. The van der Waals surface area contributed by atoms with E-state index in [0.29, 0.717) is 18.8 Å². The molecule has 0 saturated carbocycles. The van der Waals surface area contributed by atoms with Gasteiger partial charge in [0.15, 0.2) is 5.82 Å². The van der Waals surface area contributed by atoms with Gasteiger partial charge in [0, 0.05) is 26.2 Å². The molecule has 0 saturated heterocycles. The van der Waals surface area contributed by atoms with Crippen LogP contribution < -0.4 is 0 Å². The summed E-state index contributed by atoms with van der Waals surface area (Å²) in [5, 5.41) is 13.0. The number of carboxylic acid groups (broad SMARTS) is 1. The molecule has 6 nitrogen and oxygen atoms in total. The van der Waals surface area contributed by atoms with Crippen LogP contribution in [0.25, 0.3) is 0 Å². The molecule has 0 aliphatic heterocycles. The van der Waals surface area contributed by atoms with Crippen molar-refractivity contribution in [1.29, 1.82) is 0 Å². The summed E-state index contributed by atoms with van der Waals surface area (Å²) in [6, 6.07) is 3.30. The molecular formula is C10H12N4O2. The maximum absolute atomic E-state index is 10.8. The average Bonchev–Trinajstić information content (AvgIpc) is 2.83. The summed E-state index contributed by atoms with van der Waals surface area (Å²) < 4.78 is 3.31. The summed E-state index contributed by atoms with van der Waals surface area (Å²) in [5.41, 5.74) is 0.288. The predicted octanol–water partition coefficient (Wildman–Crippen LogP) is 0.558. The Morgan fingerprint density at radius 1 is 1.56 bits per heavy atom. The number of aromatic nitrogens is 4. The summed E-state index contributed by atoms with van der Waals surface area (Å²) in [6.07, 6.45) is 3.99. The van der Waals surface area contributed by atoms with E-state index in [4.69, 9.17) is 5.11 Å². The van der Waals surface area contributed by atoms with Crippen LogP contribution >= 0.6 is 0 Å². The van der Waals surface area contributed by atoms with Gasteiger partial charge in [0.1, 0.15) is 12.0 Å². The van der Waals surface area contributed by atoms with E-state index >= 15 is 0 Å². The lowest BCUT2D eigenvalue weighted by molar-refractivity contribution is 0.0685. The van der Waals surface area contributed by atoms with Gasteiger partial charge < -0.3 is 9.67 Å². The van der Waals surface area contributed by atoms with Crippen LogP contribution in [0, 0.1) is 0 Å². The minimum absolute atomic E-state index is 0.288. The third kappa shape index (κ3) is 2.10. The summed E-state index contributed by atoms with van der Waals surface area (Å²) in [7, 11) is 1.80. The van der Waals surface area contributed by atoms with Crippen LogP contribution in [-0.2, 0) is 20.0 Å². The molecule has 0 amide bonds. The van der Waals surface area contributed by atoms with Gasteiger partial charge in [0.2, 0.25) is 0 Å². The first-order valence-corrected chi connectivity index (χ1v) is 4.90. The van der Waals surface area contributed by atoms with Crippen LogP contribution in [-0.4, -0.2) is 30.4 Å². The fourth-order valence-electron chi connectivity index (χ4n) is 1.52. The largest absolute Gasteiger partial charge is 0.477 e. The highest BCUT2D eigenvalue weighted by molar-refractivity contribution is 5.85. The molecule has 0 aliphatic rings. The molecule has 6 heteroatoms. The molecule has 0 aromatic carbocycles. The van der Waals surface area contributed by atoms with Crippen molar-refractivity contribution in [2.24, 2.45) is 7.05 Å². The Morgan fingerprint density at radius 3 is 3.00 bits per heavy atom. The quantitative estimate of drug-likeness (QED) is 0.817. The fourth-order valence-corrected chi connectivity index (χ4v) is 1.52. The van der Waals surface area contributed by atoms with Gasteiger partial charge in [-0.05, 0) is 12.1 Å². The normalized spacial score (nSPS) is 10.6. The third-order valence-electron chi connectivity index (χ3n) is 2.27. The molecule has 2 rings (SSSR count). The Bertz CT molecular complexity index is 500. The van der Waals surface area contributed by atoms with Gasteiger partial charge >= 0.3 is 5.97 Å². The van der Waals surface area contributed by atoms with Gasteiger partial charge in [-0.15, -0.1) is 0 Å². The first-order valence-electron chi connectivity index (χ1n) is 4.90. The number of aromatic carboxylic acids is 1. The van der Waals surface area contributed by atoms with Crippen molar-refractivity contribution in [3.8, 4) is 0 Å². The lowest BCUT2D eigenvalue weighted by atomic mass is 10.4. The lowest BCUT2D eigenvalue weighted by Crippen LogP contribution is -2.09. The van der Waals surface area contributed by atoms with E-state index in [2.05, 4.69) is 10.1 Å². The van der Waals surface area contributed by atoms with Crippen LogP contribution in [0.1, 0.15) is 16.3 Å². The highest BCUT2D eigenvalue weighted by Crippen LogP contribution is 2.04. The smallest absolute Gasteiger partial charge is 0.352 e. The molecule has 0 atom stereocenters. The second-order valence-corrected chi connectivity index (χ2v) is 3.48. The molecule has 2 heterocycles. The first kappa shape index (κ1) is 10.4. The van der Waals surface area contributed by atoms with Crippen LogP contribution in [0.5, 0.6) is 0 Å². The molecule has 0 radical (unpaired) electrons. The monoisotopic (exact) mass is 220 g/mol.